The number of hydrogen-bond acceptors (Lipinski definition) is 2. The Labute approximate surface area is 80.9 Å². The molecule has 13 heavy (non-hydrogen) atoms. The molecule has 0 spiro atoms. The van der Waals surface area contributed by atoms with Gasteiger partial charge in [0.25, 0.3) is 0 Å². The maximum Gasteiger partial charge on any atom is 0.150 e. The van der Waals surface area contributed by atoms with Crippen molar-refractivity contribution in [3.05, 3.63) is 0 Å². The zero-order valence-electron chi connectivity index (χ0n) is 8.76. The highest BCUT2D eigenvalue weighted by Gasteiger charge is 2.13. The summed E-state index contributed by atoms with van der Waals surface area (Å²) in [6.07, 6.45) is 1.91. The number of hydrogen-bond donors (Lipinski definition) is 1. The molecule has 0 aliphatic carbocycles. The third-order valence-corrected chi connectivity index (χ3v) is 1.81. The fraction of sp³-hybridized carbons (Fsp3) is 0.727. The molecule has 0 aromatic carbocycles. The molecule has 74 valence electrons. The highest BCUT2D eigenvalue weighted by atomic mass is 16.1. The van der Waals surface area contributed by atoms with Crippen LogP contribution in [0.15, 0.2) is 0 Å². The first kappa shape index (κ1) is 12.2. The van der Waals surface area contributed by atoms with Gasteiger partial charge in [0.05, 0.1) is 6.04 Å². The van der Waals surface area contributed by atoms with Crippen molar-refractivity contribution in [2.24, 2.45) is 11.7 Å². The van der Waals surface area contributed by atoms with Gasteiger partial charge in [-0.25, -0.2) is 0 Å². The van der Waals surface area contributed by atoms with E-state index in [0.29, 0.717) is 18.8 Å². The second-order valence-electron chi connectivity index (χ2n) is 3.63. The molecule has 0 aromatic heterocycles. The Bertz CT molecular complexity index is 210. The maximum absolute atomic E-state index is 11.4. The van der Waals surface area contributed by atoms with Crippen LogP contribution in [0.5, 0.6) is 0 Å². The highest BCUT2D eigenvalue weighted by molar-refractivity contribution is 5.83. The lowest BCUT2D eigenvalue weighted by Crippen LogP contribution is -2.31. The summed E-state index contributed by atoms with van der Waals surface area (Å²) in [7, 11) is 0. The van der Waals surface area contributed by atoms with Crippen molar-refractivity contribution in [3.8, 4) is 11.8 Å². The molecule has 0 saturated heterocycles. The smallest absolute Gasteiger partial charge is 0.150 e. The van der Waals surface area contributed by atoms with E-state index in [9.17, 15) is 4.79 Å². The van der Waals surface area contributed by atoms with Crippen molar-refractivity contribution in [2.75, 3.05) is 0 Å². The van der Waals surface area contributed by atoms with Crippen LogP contribution in [0.2, 0.25) is 0 Å². The number of rotatable bonds is 5. The minimum Gasteiger partial charge on any atom is -0.321 e. The van der Waals surface area contributed by atoms with Crippen molar-refractivity contribution in [3.63, 3.8) is 0 Å². The van der Waals surface area contributed by atoms with Gasteiger partial charge in [-0.05, 0) is 19.3 Å². The van der Waals surface area contributed by atoms with Gasteiger partial charge in [-0.3, -0.25) is 4.79 Å². The van der Waals surface area contributed by atoms with Gasteiger partial charge in [0.1, 0.15) is 5.78 Å². The molecule has 2 N–H and O–H groups in total. The first-order chi connectivity index (χ1) is 6.07. The van der Waals surface area contributed by atoms with Gasteiger partial charge in [-0.1, -0.05) is 13.8 Å². The number of nitrogens with two attached hydrogens (primary N) is 1. The summed E-state index contributed by atoms with van der Waals surface area (Å²) < 4.78 is 0. The average Bonchev–Trinajstić information content (AvgIpc) is 2.03. The lowest BCUT2D eigenvalue weighted by molar-refractivity contribution is -0.120. The minimum absolute atomic E-state index is 0.136. The Hall–Kier alpha value is -0.810. The van der Waals surface area contributed by atoms with E-state index in [0.717, 1.165) is 6.42 Å². The average molecular weight is 181 g/mol. The van der Waals surface area contributed by atoms with Crippen molar-refractivity contribution in [1.82, 2.24) is 0 Å². The van der Waals surface area contributed by atoms with Crippen molar-refractivity contribution in [2.45, 2.75) is 46.1 Å². The number of ketones is 1. The second-order valence-corrected chi connectivity index (χ2v) is 3.63. The minimum atomic E-state index is -0.293. The molecule has 0 aliphatic heterocycles. The summed E-state index contributed by atoms with van der Waals surface area (Å²) >= 11 is 0. The van der Waals surface area contributed by atoms with E-state index in [2.05, 4.69) is 25.7 Å². The van der Waals surface area contributed by atoms with Crippen LogP contribution in [0.4, 0.5) is 0 Å². The molecular weight excluding hydrogens is 162 g/mol. The van der Waals surface area contributed by atoms with Crippen molar-refractivity contribution >= 4 is 5.78 Å². The van der Waals surface area contributed by atoms with Gasteiger partial charge in [-0.2, -0.15) is 0 Å². The van der Waals surface area contributed by atoms with Crippen molar-refractivity contribution in [1.29, 1.82) is 0 Å². The van der Waals surface area contributed by atoms with E-state index in [1.807, 2.05) is 0 Å². The van der Waals surface area contributed by atoms with Crippen LogP contribution >= 0.6 is 0 Å². The van der Waals surface area contributed by atoms with Crippen LogP contribution < -0.4 is 5.73 Å². The SMILES string of the molecule is CC#CCCC(=O)C(N)CC(C)C. The third kappa shape index (κ3) is 6.36. The maximum atomic E-state index is 11.4. The Balaban J connectivity index is 3.73. The molecule has 0 heterocycles. The molecule has 2 nitrogen and oxygen atoms in total. The summed E-state index contributed by atoms with van der Waals surface area (Å²) in [4.78, 5) is 11.4. The van der Waals surface area contributed by atoms with Crippen LogP contribution in [-0.2, 0) is 4.79 Å². The van der Waals surface area contributed by atoms with Gasteiger partial charge in [-0.15, -0.1) is 11.8 Å². The van der Waals surface area contributed by atoms with E-state index in [-0.39, 0.29) is 11.8 Å². The van der Waals surface area contributed by atoms with E-state index in [1.54, 1.807) is 6.92 Å². The fourth-order valence-electron chi connectivity index (χ4n) is 1.14. The molecule has 0 aromatic rings. The van der Waals surface area contributed by atoms with Gasteiger partial charge < -0.3 is 5.73 Å². The van der Waals surface area contributed by atoms with Crippen LogP contribution in [-0.4, -0.2) is 11.8 Å². The van der Waals surface area contributed by atoms with E-state index in [1.165, 1.54) is 0 Å². The van der Waals surface area contributed by atoms with Crippen molar-refractivity contribution < 1.29 is 4.79 Å². The third-order valence-electron chi connectivity index (χ3n) is 1.81. The summed E-state index contributed by atoms with van der Waals surface area (Å²) in [6, 6.07) is -0.293. The molecule has 0 saturated carbocycles. The normalized spacial score (nSPS) is 12.1. The van der Waals surface area contributed by atoms with Crippen LogP contribution in [0.3, 0.4) is 0 Å². The Morgan fingerprint density at radius 2 is 2.08 bits per heavy atom. The molecule has 2 heteroatoms. The molecular formula is C11H19NO. The largest absolute Gasteiger partial charge is 0.321 e. The predicted molar refractivity (Wildman–Crippen MR) is 55.1 cm³/mol. The van der Waals surface area contributed by atoms with Crippen LogP contribution in [0, 0.1) is 17.8 Å². The number of Topliss-reactive ketones (excluding diaryl/α,β-unsaturated/α-hetero) is 1. The Morgan fingerprint density at radius 1 is 1.46 bits per heavy atom. The molecule has 1 unspecified atom stereocenters. The lowest BCUT2D eigenvalue weighted by atomic mass is 9.99. The summed E-state index contributed by atoms with van der Waals surface area (Å²) in [5.74, 6) is 6.24. The van der Waals surface area contributed by atoms with Crippen LogP contribution in [0.25, 0.3) is 0 Å². The Kier molecular flexibility index (Phi) is 6.26. The topological polar surface area (TPSA) is 43.1 Å². The monoisotopic (exact) mass is 181 g/mol. The molecule has 0 amide bonds. The quantitative estimate of drug-likeness (QED) is 0.656. The molecule has 0 fully saturated rings. The molecule has 0 bridgehead atoms. The van der Waals surface area contributed by atoms with Crippen LogP contribution in [0.1, 0.15) is 40.0 Å². The first-order valence-electron chi connectivity index (χ1n) is 4.75. The summed E-state index contributed by atoms with van der Waals surface area (Å²) in [6.45, 7) is 5.91. The molecule has 0 rings (SSSR count). The van der Waals surface area contributed by atoms with E-state index >= 15 is 0 Å². The Morgan fingerprint density at radius 3 is 2.54 bits per heavy atom. The van der Waals surface area contributed by atoms with E-state index in [4.69, 9.17) is 5.73 Å². The zero-order valence-corrected chi connectivity index (χ0v) is 8.76. The highest BCUT2D eigenvalue weighted by Crippen LogP contribution is 2.05. The number of carbonyl (C=O) groups excluding carboxylic acids is 1. The van der Waals surface area contributed by atoms with Gasteiger partial charge >= 0.3 is 0 Å². The standard InChI is InChI=1S/C11H19NO/c1-4-5-6-7-11(13)10(12)8-9(2)3/h9-10H,6-8,12H2,1-3H3. The fourth-order valence-corrected chi connectivity index (χ4v) is 1.14. The second kappa shape index (κ2) is 6.68. The summed E-state index contributed by atoms with van der Waals surface area (Å²) in [5.41, 5.74) is 5.70. The van der Waals surface area contributed by atoms with Gasteiger partial charge in [0.15, 0.2) is 0 Å². The molecule has 1 atom stereocenters. The molecule has 0 aliphatic rings. The lowest BCUT2D eigenvalue weighted by Gasteiger charge is -2.11. The first-order valence-corrected chi connectivity index (χ1v) is 4.75. The predicted octanol–water partition coefficient (Wildman–Crippen LogP) is 1.73. The molecule has 0 radical (unpaired) electrons. The van der Waals surface area contributed by atoms with Gasteiger partial charge in [0, 0.05) is 12.8 Å². The van der Waals surface area contributed by atoms with Gasteiger partial charge in [0.2, 0.25) is 0 Å². The summed E-state index contributed by atoms with van der Waals surface area (Å²) in [5, 5.41) is 0. The zero-order chi connectivity index (χ0) is 10.3. The van der Waals surface area contributed by atoms with E-state index < -0.39 is 0 Å². The number of carbonyl (C=O) groups is 1.